The van der Waals surface area contributed by atoms with Gasteiger partial charge < -0.3 is 9.72 Å². The van der Waals surface area contributed by atoms with Gasteiger partial charge >= 0.3 is 0 Å². The molecule has 0 aliphatic carbocycles. The molecule has 3 nitrogen and oxygen atoms in total. The highest BCUT2D eigenvalue weighted by molar-refractivity contribution is 6.30. The number of nitrogens with one attached hydrogen (secondary N) is 1. The van der Waals surface area contributed by atoms with Crippen LogP contribution in [-0.2, 0) is 0 Å². The standard InChI is InChI=1S/C25H21ClN2O/c1-17-3-8-19(9-4-17)24-25(20-10-12-21(26)13-11-20)28-23(27-24)16-7-18-5-14-22(29-2)15-6-18/h3-16H,1-2H3,(H,27,28)/b16-7+. The number of imidazole rings is 1. The summed E-state index contributed by atoms with van der Waals surface area (Å²) in [5, 5.41) is 0.709. The van der Waals surface area contributed by atoms with Crippen molar-refractivity contribution in [3.63, 3.8) is 0 Å². The Morgan fingerprint density at radius 2 is 1.48 bits per heavy atom. The largest absolute Gasteiger partial charge is 0.497 e. The number of nitrogens with zero attached hydrogens (tertiary/aromatic N) is 1. The number of hydrogen-bond donors (Lipinski definition) is 1. The summed E-state index contributed by atoms with van der Waals surface area (Å²) < 4.78 is 5.21. The molecule has 0 unspecified atom stereocenters. The molecule has 4 heteroatoms. The van der Waals surface area contributed by atoms with Gasteiger partial charge in [-0.15, -0.1) is 0 Å². The highest BCUT2D eigenvalue weighted by Crippen LogP contribution is 2.31. The molecule has 1 heterocycles. The van der Waals surface area contributed by atoms with E-state index in [0.717, 1.165) is 39.7 Å². The van der Waals surface area contributed by atoms with E-state index in [4.69, 9.17) is 21.3 Å². The number of hydrogen-bond acceptors (Lipinski definition) is 2. The Morgan fingerprint density at radius 1 is 0.828 bits per heavy atom. The summed E-state index contributed by atoms with van der Waals surface area (Å²) in [4.78, 5) is 8.32. The van der Waals surface area contributed by atoms with E-state index in [9.17, 15) is 0 Å². The third-order valence-corrected chi connectivity index (χ3v) is 4.98. The van der Waals surface area contributed by atoms with Gasteiger partial charge in [0.05, 0.1) is 18.5 Å². The molecule has 4 aromatic rings. The highest BCUT2D eigenvalue weighted by Gasteiger charge is 2.13. The Bertz CT molecular complexity index is 1060. The van der Waals surface area contributed by atoms with Gasteiger partial charge in [0.15, 0.2) is 0 Å². The van der Waals surface area contributed by atoms with Crippen molar-refractivity contribution in [1.82, 2.24) is 9.97 Å². The summed E-state index contributed by atoms with van der Waals surface area (Å²) in [6.07, 6.45) is 4.02. The van der Waals surface area contributed by atoms with Crippen molar-refractivity contribution in [1.29, 1.82) is 0 Å². The number of aryl methyl sites for hydroxylation is 1. The van der Waals surface area contributed by atoms with E-state index in [-0.39, 0.29) is 0 Å². The number of rotatable bonds is 5. The first kappa shape index (κ1) is 19.0. The van der Waals surface area contributed by atoms with E-state index in [1.165, 1.54) is 5.56 Å². The fraction of sp³-hybridized carbons (Fsp3) is 0.0800. The molecule has 1 aromatic heterocycles. The van der Waals surface area contributed by atoms with E-state index in [2.05, 4.69) is 36.2 Å². The maximum atomic E-state index is 6.07. The van der Waals surface area contributed by atoms with Gasteiger partial charge in [0.2, 0.25) is 0 Å². The van der Waals surface area contributed by atoms with Gasteiger partial charge in [-0.2, -0.15) is 0 Å². The third-order valence-electron chi connectivity index (χ3n) is 4.73. The van der Waals surface area contributed by atoms with Crippen LogP contribution in [0.1, 0.15) is 17.0 Å². The van der Waals surface area contributed by atoms with Gasteiger partial charge in [-0.05, 0) is 42.8 Å². The van der Waals surface area contributed by atoms with Gasteiger partial charge in [-0.3, -0.25) is 0 Å². The lowest BCUT2D eigenvalue weighted by Crippen LogP contribution is -1.84. The van der Waals surface area contributed by atoms with Crippen LogP contribution < -0.4 is 4.74 Å². The maximum absolute atomic E-state index is 6.07. The fourth-order valence-corrected chi connectivity index (χ4v) is 3.23. The molecule has 29 heavy (non-hydrogen) atoms. The lowest BCUT2D eigenvalue weighted by molar-refractivity contribution is 0.415. The van der Waals surface area contributed by atoms with Crippen LogP contribution in [0.15, 0.2) is 72.8 Å². The summed E-state index contributed by atoms with van der Waals surface area (Å²) in [6, 6.07) is 24.1. The Balaban J connectivity index is 1.73. The second-order valence-electron chi connectivity index (χ2n) is 6.83. The smallest absolute Gasteiger partial charge is 0.131 e. The molecule has 0 aliphatic heterocycles. The van der Waals surface area contributed by atoms with Crippen LogP contribution in [0.4, 0.5) is 0 Å². The number of aromatic nitrogens is 2. The Morgan fingerprint density at radius 3 is 2.14 bits per heavy atom. The zero-order chi connectivity index (χ0) is 20.2. The molecule has 0 bridgehead atoms. The Hall–Kier alpha value is -3.30. The molecule has 0 saturated heterocycles. The van der Waals surface area contributed by atoms with Crippen molar-refractivity contribution in [3.8, 4) is 28.3 Å². The van der Waals surface area contributed by atoms with Crippen LogP contribution >= 0.6 is 11.6 Å². The van der Waals surface area contributed by atoms with Crippen LogP contribution in [0, 0.1) is 6.92 Å². The van der Waals surface area contributed by atoms with Crippen LogP contribution in [0.5, 0.6) is 5.75 Å². The molecular formula is C25H21ClN2O. The number of benzene rings is 3. The lowest BCUT2D eigenvalue weighted by Gasteiger charge is -2.04. The van der Waals surface area contributed by atoms with Gasteiger partial charge in [0.1, 0.15) is 11.6 Å². The molecule has 0 aliphatic rings. The molecule has 144 valence electrons. The van der Waals surface area contributed by atoms with E-state index in [1.54, 1.807) is 7.11 Å². The predicted octanol–water partition coefficient (Wildman–Crippen LogP) is 6.88. The minimum absolute atomic E-state index is 0.709. The number of methoxy groups -OCH3 is 1. The van der Waals surface area contributed by atoms with Crippen molar-refractivity contribution < 1.29 is 4.74 Å². The van der Waals surface area contributed by atoms with Crippen molar-refractivity contribution in [3.05, 3.63) is 94.8 Å². The average molecular weight is 401 g/mol. The predicted molar refractivity (Wildman–Crippen MR) is 121 cm³/mol. The topological polar surface area (TPSA) is 37.9 Å². The molecule has 4 rings (SSSR count). The molecular weight excluding hydrogens is 380 g/mol. The molecule has 3 aromatic carbocycles. The normalized spacial score (nSPS) is 11.1. The number of halogens is 1. The third kappa shape index (κ3) is 4.41. The van der Waals surface area contributed by atoms with Crippen molar-refractivity contribution in [2.75, 3.05) is 7.11 Å². The second kappa shape index (κ2) is 8.38. The first-order valence-corrected chi connectivity index (χ1v) is 9.75. The highest BCUT2D eigenvalue weighted by atomic mass is 35.5. The molecule has 0 saturated carbocycles. The molecule has 1 N–H and O–H groups in total. The summed E-state index contributed by atoms with van der Waals surface area (Å²) in [6.45, 7) is 2.08. The van der Waals surface area contributed by atoms with E-state index in [0.29, 0.717) is 5.02 Å². The minimum Gasteiger partial charge on any atom is -0.497 e. The molecule has 0 atom stereocenters. The van der Waals surface area contributed by atoms with E-state index < -0.39 is 0 Å². The second-order valence-corrected chi connectivity index (χ2v) is 7.26. The van der Waals surface area contributed by atoms with E-state index >= 15 is 0 Å². The Labute approximate surface area is 175 Å². The summed E-state index contributed by atoms with van der Waals surface area (Å²) in [5.41, 5.74) is 6.30. The average Bonchev–Trinajstić information content (AvgIpc) is 3.18. The number of aromatic amines is 1. The monoisotopic (exact) mass is 400 g/mol. The molecule has 0 radical (unpaired) electrons. The van der Waals surface area contributed by atoms with Crippen molar-refractivity contribution in [2.24, 2.45) is 0 Å². The van der Waals surface area contributed by atoms with Crippen LogP contribution in [-0.4, -0.2) is 17.1 Å². The first-order valence-electron chi connectivity index (χ1n) is 9.37. The van der Waals surface area contributed by atoms with Gasteiger partial charge in [-0.25, -0.2) is 4.98 Å². The van der Waals surface area contributed by atoms with Crippen LogP contribution in [0.2, 0.25) is 5.02 Å². The van der Waals surface area contributed by atoms with Crippen molar-refractivity contribution in [2.45, 2.75) is 6.92 Å². The molecule has 0 spiro atoms. The lowest BCUT2D eigenvalue weighted by atomic mass is 10.0. The van der Waals surface area contributed by atoms with Crippen LogP contribution in [0.3, 0.4) is 0 Å². The number of H-pyrrole nitrogens is 1. The summed E-state index contributed by atoms with van der Waals surface area (Å²) in [7, 11) is 1.67. The number of ether oxygens (including phenoxy) is 1. The molecule has 0 amide bonds. The van der Waals surface area contributed by atoms with Crippen molar-refractivity contribution >= 4 is 23.8 Å². The summed E-state index contributed by atoms with van der Waals surface area (Å²) >= 11 is 6.07. The van der Waals surface area contributed by atoms with Gasteiger partial charge in [0, 0.05) is 16.1 Å². The zero-order valence-electron chi connectivity index (χ0n) is 16.3. The SMILES string of the molecule is COc1ccc(/C=C/c2nc(-c3ccc(Cl)cc3)c(-c3ccc(C)cc3)[nH]2)cc1. The zero-order valence-corrected chi connectivity index (χ0v) is 17.1. The first-order chi connectivity index (χ1) is 14.1. The summed E-state index contributed by atoms with van der Waals surface area (Å²) in [5.74, 6) is 1.63. The minimum atomic E-state index is 0.709. The maximum Gasteiger partial charge on any atom is 0.131 e. The van der Waals surface area contributed by atoms with E-state index in [1.807, 2.05) is 60.7 Å². The van der Waals surface area contributed by atoms with Gasteiger partial charge in [-0.1, -0.05) is 71.8 Å². The fourth-order valence-electron chi connectivity index (χ4n) is 3.11. The Kier molecular flexibility index (Phi) is 5.50. The van der Waals surface area contributed by atoms with Gasteiger partial charge in [0.25, 0.3) is 0 Å². The molecule has 0 fully saturated rings. The van der Waals surface area contributed by atoms with Crippen LogP contribution in [0.25, 0.3) is 34.7 Å². The quantitative estimate of drug-likeness (QED) is 0.396.